The van der Waals surface area contributed by atoms with Crippen molar-refractivity contribution in [2.24, 2.45) is 5.92 Å². The van der Waals surface area contributed by atoms with Gasteiger partial charge in [0.05, 0.1) is 13.2 Å². The van der Waals surface area contributed by atoms with Gasteiger partial charge in [0.25, 0.3) is 0 Å². The zero-order valence-electron chi connectivity index (χ0n) is 10.1. The average Bonchev–Trinajstić information content (AvgIpc) is 2.05. The smallest absolute Gasteiger partial charge is 0.311 e. The lowest BCUT2D eigenvalue weighted by molar-refractivity contribution is 0.243. The van der Waals surface area contributed by atoms with Gasteiger partial charge in [-0.25, -0.2) is 0 Å². The maximum Gasteiger partial charge on any atom is 0.319 e. The molecule has 0 unspecified atom stereocenters. The van der Waals surface area contributed by atoms with Crippen LogP contribution in [0.2, 0.25) is 0 Å². The van der Waals surface area contributed by atoms with Gasteiger partial charge in [-0.3, -0.25) is 4.57 Å². The van der Waals surface area contributed by atoms with Crippen LogP contribution in [0.1, 0.15) is 47.5 Å². The monoisotopic (exact) mass is 224 g/mol. The summed E-state index contributed by atoms with van der Waals surface area (Å²) < 4.78 is 19.6. The van der Waals surface area contributed by atoms with E-state index < -0.39 is 8.25 Å². The van der Waals surface area contributed by atoms with Gasteiger partial charge in [0.1, 0.15) is 0 Å². The fourth-order valence-corrected chi connectivity index (χ4v) is 1.41. The minimum atomic E-state index is -2.14. The molecule has 0 N–H and O–H groups in total. The molecule has 0 heterocycles. The van der Waals surface area contributed by atoms with E-state index in [4.69, 9.17) is 0 Å². The summed E-state index contributed by atoms with van der Waals surface area (Å²) in [7, 11) is -2.14. The standard InChI is InChI=1S/C6H14.C4H11O3P/c1-4-5-6(2)3;1-3-6-8(5)7-4-2/h6H,4-5H2,1-3H3;8H,3-4H2,1-2H3. The third-order valence-electron chi connectivity index (χ3n) is 1.39. The van der Waals surface area contributed by atoms with E-state index in [-0.39, 0.29) is 0 Å². The Kier molecular flexibility index (Phi) is 15.6. The van der Waals surface area contributed by atoms with Crippen molar-refractivity contribution in [1.82, 2.24) is 0 Å². The van der Waals surface area contributed by atoms with Crippen molar-refractivity contribution in [3.63, 3.8) is 0 Å². The zero-order valence-corrected chi connectivity index (χ0v) is 11.1. The summed E-state index contributed by atoms with van der Waals surface area (Å²) in [5, 5.41) is 0. The van der Waals surface area contributed by atoms with Gasteiger partial charge in [0, 0.05) is 0 Å². The second-order valence-electron chi connectivity index (χ2n) is 3.30. The van der Waals surface area contributed by atoms with E-state index in [9.17, 15) is 4.57 Å². The lowest BCUT2D eigenvalue weighted by Crippen LogP contribution is -1.81. The van der Waals surface area contributed by atoms with E-state index >= 15 is 0 Å². The van der Waals surface area contributed by atoms with Crippen molar-refractivity contribution >= 4 is 8.25 Å². The third-order valence-corrected chi connectivity index (χ3v) is 2.44. The van der Waals surface area contributed by atoms with Gasteiger partial charge in [0.2, 0.25) is 0 Å². The Morgan fingerprint density at radius 1 is 1.07 bits per heavy atom. The van der Waals surface area contributed by atoms with E-state index in [1.165, 1.54) is 12.8 Å². The van der Waals surface area contributed by atoms with Crippen LogP contribution in [0.25, 0.3) is 0 Å². The number of hydrogen-bond donors (Lipinski definition) is 0. The zero-order chi connectivity index (χ0) is 11.4. The first kappa shape index (κ1) is 16.6. The molecule has 0 fully saturated rings. The molecule has 0 bridgehead atoms. The van der Waals surface area contributed by atoms with Gasteiger partial charge in [-0.2, -0.15) is 0 Å². The summed E-state index contributed by atoms with van der Waals surface area (Å²) in [6.07, 6.45) is 2.71. The first-order chi connectivity index (χ1) is 6.58. The largest absolute Gasteiger partial charge is 0.319 e. The molecule has 0 saturated heterocycles. The summed E-state index contributed by atoms with van der Waals surface area (Å²) >= 11 is 0. The minimum absolute atomic E-state index is 0.456. The molecule has 0 rings (SSSR count). The van der Waals surface area contributed by atoms with Crippen molar-refractivity contribution in [3.8, 4) is 0 Å². The number of hydrogen-bond acceptors (Lipinski definition) is 3. The molecule has 0 atom stereocenters. The van der Waals surface area contributed by atoms with Gasteiger partial charge in [-0.15, -0.1) is 0 Å². The highest BCUT2D eigenvalue weighted by Gasteiger charge is 1.91. The van der Waals surface area contributed by atoms with Crippen LogP contribution in [0.3, 0.4) is 0 Å². The molecule has 0 spiro atoms. The molecule has 0 aromatic carbocycles. The van der Waals surface area contributed by atoms with Crippen LogP contribution in [0.15, 0.2) is 0 Å². The molecule has 0 radical (unpaired) electrons. The molecule has 0 aliphatic carbocycles. The molecule has 0 aromatic rings. The fourth-order valence-electron chi connectivity index (χ4n) is 0.855. The van der Waals surface area contributed by atoms with Crippen molar-refractivity contribution in [2.45, 2.75) is 47.5 Å². The highest BCUT2D eigenvalue weighted by atomic mass is 31.1. The molecule has 4 heteroatoms. The average molecular weight is 224 g/mol. The van der Waals surface area contributed by atoms with E-state index in [0.29, 0.717) is 13.2 Å². The summed E-state index contributed by atoms with van der Waals surface area (Å²) in [5.74, 6) is 0.898. The Morgan fingerprint density at radius 2 is 1.50 bits per heavy atom. The van der Waals surface area contributed by atoms with Crippen molar-refractivity contribution in [3.05, 3.63) is 0 Å². The molecule has 88 valence electrons. The summed E-state index contributed by atoms with van der Waals surface area (Å²) in [5.41, 5.74) is 0. The Morgan fingerprint density at radius 3 is 1.64 bits per heavy atom. The fraction of sp³-hybridized carbons (Fsp3) is 1.00. The van der Waals surface area contributed by atoms with Crippen molar-refractivity contribution < 1.29 is 13.6 Å². The maximum atomic E-state index is 10.4. The molecule has 0 aliphatic heterocycles. The normalized spacial score (nSPS) is 10.2. The van der Waals surface area contributed by atoms with E-state index in [2.05, 4.69) is 29.8 Å². The summed E-state index contributed by atoms with van der Waals surface area (Å²) in [6.45, 7) is 11.2. The van der Waals surface area contributed by atoms with Gasteiger partial charge in [0.15, 0.2) is 0 Å². The van der Waals surface area contributed by atoms with Crippen LogP contribution in [0.4, 0.5) is 0 Å². The van der Waals surface area contributed by atoms with Gasteiger partial charge in [-0.1, -0.05) is 33.6 Å². The highest BCUT2D eigenvalue weighted by Crippen LogP contribution is 2.21. The van der Waals surface area contributed by atoms with E-state index in [1.807, 2.05) is 0 Å². The SMILES string of the molecule is CCCC(C)C.CCO[PH](=O)OCC. The van der Waals surface area contributed by atoms with Crippen LogP contribution in [-0.4, -0.2) is 13.2 Å². The van der Waals surface area contributed by atoms with E-state index in [0.717, 1.165) is 5.92 Å². The first-order valence-corrected chi connectivity index (χ1v) is 6.60. The first-order valence-electron chi connectivity index (χ1n) is 5.37. The van der Waals surface area contributed by atoms with Crippen LogP contribution < -0.4 is 0 Å². The van der Waals surface area contributed by atoms with Crippen LogP contribution in [0.5, 0.6) is 0 Å². The lowest BCUT2D eigenvalue weighted by atomic mass is 10.1. The number of rotatable bonds is 6. The van der Waals surface area contributed by atoms with Crippen molar-refractivity contribution in [2.75, 3.05) is 13.2 Å². The topological polar surface area (TPSA) is 35.5 Å². The van der Waals surface area contributed by atoms with Gasteiger partial charge < -0.3 is 9.05 Å². The second-order valence-corrected chi connectivity index (χ2v) is 4.38. The predicted octanol–water partition coefficient (Wildman–Crippen LogP) is 3.89. The summed E-state index contributed by atoms with van der Waals surface area (Å²) in [6, 6.07) is 0. The summed E-state index contributed by atoms with van der Waals surface area (Å²) in [4.78, 5) is 0. The Bertz CT molecular complexity index is 119. The molecule has 3 nitrogen and oxygen atoms in total. The quantitative estimate of drug-likeness (QED) is 0.642. The molecule has 0 aliphatic rings. The van der Waals surface area contributed by atoms with Crippen LogP contribution in [-0.2, 0) is 13.6 Å². The molecule has 14 heavy (non-hydrogen) atoms. The third kappa shape index (κ3) is 18.0. The molecule has 0 saturated carbocycles. The Balaban J connectivity index is 0. The maximum absolute atomic E-state index is 10.4. The molecule has 0 aromatic heterocycles. The Hall–Kier alpha value is 0.150. The van der Waals surface area contributed by atoms with Crippen LogP contribution in [0, 0.1) is 5.92 Å². The molecular formula is C10H25O3P. The van der Waals surface area contributed by atoms with Crippen molar-refractivity contribution in [1.29, 1.82) is 0 Å². The lowest BCUT2D eigenvalue weighted by Gasteiger charge is -1.97. The Labute approximate surface area is 89.1 Å². The molecular weight excluding hydrogens is 199 g/mol. The highest BCUT2D eigenvalue weighted by molar-refractivity contribution is 7.33. The second kappa shape index (κ2) is 13.2. The van der Waals surface area contributed by atoms with Gasteiger partial charge in [-0.05, 0) is 19.8 Å². The predicted molar refractivity (Wildman–Crippen MR) is 62.0 cm³/mol. The van der Waals surface area contributed by atoms with Crippen LogP contribution >= 0.6 is 8.25 Å². The molecule has 0 amide bonds. The minimum Gasteiger partial charge on any atom is -0.311 e. The van der Waals surface area contributed by atoms with Gasteiger partial charge >= 0.3 is 8.25 Å². The van der Waals surface area contributed by atoms with E-state index in [1.54, 1.807) is 13.8 Å².